The molecule has 1 unspecified atom stereocenters. The van der Waals surface area contributed by atoms with Crippen molar-refractivity contribution >= 4 is 21.6 Å². The molecule has 0 saturated carbocycles. The zero-order valence-electron chi connectivity index (χ0n) is 10.1. The summed E-state index contributed by atoms with van der Waals surface area (Å²) in [7, 11) is 1.50. The number of nitrogens with zero attached hydrogens (tertiary/aromatic N) is 1. The fourth-order valence-electron chi connectivity index (χ4n) is 1.46. The maximum absolute atomic E-state index is 12.5. The molecule has 0 amide bonds. The van der Waals surface area contributed by atoms with Crippen molar-refractivity contribution in [3.8, 4) is 6.07 Å². The molecular formula is C12H12BrF3N2O. The molecule has 7 heteroatoms. The van der Waals surface area contributed by atoms with E-state index < -0.39 is 18.6 Å². The number of methoxy groups -OCH3 is 1. The SMILES string of the molecule is COCc1c(Br)cccc1NCC(C#N)C(F)(F)F. The van der Waals surface area contributed by atoms with Gasteiger partial charge in [-0.2, -0.15) is 18.4 Å². The Balaban J connectivity index is 2.83. The molecule has 3 nitrogen and oxygen atoms in total. The Morgan fingerprint density at radius 2 is 2.16 bits per heavy atom. The highest BCUT2D eigenvalue weighted by atomic mass is 79.9. The normalized spacial score (nSPS) is 12.8. The number of rotatable bonds is 5. The van der Waals surface area contributed by atoms with Crippen molar-refractivity contribution in [1.82, 2.24) is 0 Å². The largest absolute Gasteiger partial charge is 0.406 e. The van der Waals surface area contributed by atoms with Crippen molar-refractivity contribution in [3.63, 3.8) is 0 Å². The first kappa shape index (κ1) is 15.8. The fraction of sp³-hybridized carbons (Fsp3) is 0.417. The number of hydrogen-bond donors (Lipinski definition) is 1. The van der Waals surface area contributed by atoms with Crippen LogP contribution < -0.4 is 5.32 Å². The van der Waals surface area contributed by atoms with Crippen molar-refractivity contribution in [3.05, 3.63) is 28.2 Å². The predicted molar refractivity (Wildman–Crippen MR) is 68.5 cm³/mol. The molecular weight excluding hydrogens is 325 g/mol. The van der Waals surface area contributed by atoms with E-state index in [4.69, 9.17) is 10.00 Å². The molecule has 104 valence electrons. The first-order chi connectivity index (χ1) is 8.90. The molecule has 0 saturated heterocycles. The number of hydrogen-bond acceptors (Lipinski definition) is 3. The fourth-order valence-corrected chi connectivity index (χ4v) is 1.94. The zero-order chi connectivity index (χ0) is 14.5. The van der Waals surface area contributed by atoms with E-state index in [9.17, 15) is 13.2 Å². The minimum Gasteiger partial charge on any atom is -0.383 e. The van der Waals surface area contributed by atoms with Gasteiger partial charge in [-0.25, -0.2) is 0 Å². The number of benzene rings is 1. The maximum Gasteiger partial charge on any atom is 0.406 e. The number of nitriles is 1. The summed E-state index contributed by atoms with van der Waals surface area (Å²) in [6, 6.07) is 6.35. The van der Waals surface area contributed by atoms with Crippen molar-refractivity contribution in [2.45, 2.75) is 12.8 Å². The predicted octanol–water partition coefficient (Wildman–Crippen LogP) is 3.71. The van der Waals surface area contributed by atoms with Crippen molar-refractivity contribution in [2.75, 3.05) is 19.0 Å². The molecule has 0 heterocycles. The van der Waals surface area contributed by atoms with E-state index in [2.05, 4.69) is 21.2 Å². The molecule has 19 heavy (non-hydrogen) atoms. The van der Waals surface area contributed by atoms with Crippen LogP contribution in [-0.2, 0) is 11.3 Å². The van der Waals surface area contributed by atoms with Gasteiger partial charge < -0.3 is 10.1 Å². The summed E-state index contributed by atoms with van der Waals surface area (Å²) in [5, 5.41) is 11.2. The van der Waals surface area contributed by atoms with E-state index in [1.54, 1.807) is 18.2 Å². The van der Waals surface area contributed by atoms with Crippen LogP contribution in [0.5, 0.6) is 0 Å². The smallest absolute Gasteiger partial charge is 0.383 e. The summed E-state index contributed by atoms with van der Waals surface area (Å²) < 4.78 is 43.1. The van der Waals surface area contributed by atoms with E-state index in [0.29, 0.717) is 11.3 Å². The molecule has 0 aliphatic rings. The second-order valence-corrected chi connectivity index (χ2v) is 4.66. The Morgan fingerprint density at radius 1 is 1.47 bits per heavy atom. The van der Waals surface area contributed by atoms with Gasteiger partial charge in [0.25, 0.3) is 0 Å². The number of alkyl halides is 3. The van der Waals surface area contributed by atoms with E-state index >= 15 is 0 Å². The lowest BCUT2D eigenvalue weighted by atomic mass is 10.1. The van der Waals surface area contributed by atoms with Crippen LogP contribution in [0.15, 0.2) is 22.7 Å². The first-order valence-corrected chi connectivity index (χ1v) is 6.16. The molecule has 0 radical (unpaired) electrons. The van der Waals surface area contributed by atoms with Crippen molar-refractivity contribution < 1.29 is 17.9 Å². The Kier molecular flexibility index (Phi) is 5.63. The molecule has 1 aromatic rings. The summed E-state index contributed by atoms with van der Waals surface area (Å²) in [6.07, 6.45) is -4.53. The molecule has 0 fully saturated rings. The van der Waals surface area contributed by atoms with Gasteiger partial charge in [0, 0.05) is 29.4 Å². The van der Waals surface area contributed by atoms with Crippen LogP contribution in [0, 0.1) is 17.2 Å². The molecule has 0 bridgehead atoms. The van der Waals surface area contributed by atoms with Gasteiger partial charge in [-0.1, -0.05) is 22.0 Å². The minimum absolute atomic E-state index is 0.257. The van der Waals surface area contributed by atoms with E-state index in [1.165, 1.54) is 13.2 Å². The van der Waals surface area contributed by atoms with Gasteiger partial charge in [-0.3, -0.25) is 0 Å². The lowest BCUT2D eigenvalue weighted by Crippen LogP contribution is -2.28. The zero-order valence-corrected chi connectivity index (χ0v) is 11.7. The van der Waals surface area contributed by atoms with Crippen LogP contribution in [0.4, 0.5) is 18.9 Å². The van der Waals surface area contributed by atoms with Crippen LogP contribution >= 0.6 is 15.9 Å². The average Bonchev–Trinajstić information content (AvgIpc) is 2.32. The average molecular weight is 337 g/mol. The van der Waals surface area contributed by atoms with E-state index in [-0.39, 0.29) is 6.61 Å². The molecule has 1 rings (SSSR count). The Hall–Kier alpha value is -1.26. The standard InChI is InChI=1S/C12H12BrF3N2O/c1-19-7-9-10(13)3-2-4-11(9)18-6-8(5-17)12(14,15)16/h2-4,8,18H,6-7H2,1H3. The summed E-state index contributed by atoms with van der Waals surface area (Å²) in [5.74, 6) is -2.04. The van der Waals surface area contributed by atoms with Crippen LogP contribution in [0.25, 0.3) is 0 Å². The van der Waals surface area contributed by atoms with Crippen LogP contribution in [-0.4, -0.2) is 19.8 Å². The third-order valence-corrected chi connectivity index (χ3v) is 3.20. The van der Waals surface area contributed by atoms with Crippen molar-refractivity contribution in [2.24, 2.45) is 5.92 Å². The summed E-state index contributed by atoms with van der Waals surface area (Å²) in [6.45, 7) is -0.236. The first-order valence-electron chi connectivity index (χ1n) is 5.36. The summed E-state index contributed by atoms with van der Waals surface area (Å²) >= 11 is 3.30. The summed E-state index contributed by atoms with van der Waals surface area (Å²) in [4.78, 5) is 0. The molecule has 1 N–H and O–H groups in total. The van der Waals surface area contributed by atoms with Gasteiger partial charge >= 0.3 is 6.18 Å². The molecule has 0 spiro atoms. The number of anilines is 1. The van der Waals surface area contributed by atoms with Crippen molar-refractivity contribution in [1.29, 1.82) is 5.26 Å². The van der Waals surface area contributed by atoms with Gasteiger partial charge in [-0.15, -0.1) is 0 Å². The van der Waals surface area contributed by atoms with Gasteiger partial charge in [0.15, 0.2) is 5.92 Å². The van der Waals surface area contributed by atoms with E-state index in [1.807, 2.05) is 0 Å². The molecule has 1 aromatic carbocycles. The van der Waals surface area contributed by atoms with Crippen LogP contribution in [0.3, 0.4) is 0 Å². The number of nitrogens with one attached hydrogen (secondary N) is 1. The van der Waals surface area contributed by atoms with Crippen LogP contribution in [0.2, 0.25) is 0 Å². The molecule has 0 aliphatic heterocycles. The summed E-state index contributed by atoms with van der Waals surface area (Å²) in [5.41, 5.74) is 1.23. The van der Waals surface area contributed by atoms with E-state index in [0.717, 1.165) is 4.47 Å². The third kappa shape index (κ3) is 4.40. The number of ether oxygens (including phenoxy) is 1. The topological polar surface area (TPSA) is 45.0 Å². The highest BCUT2D eigenvalue weighted by Gasteiger charge is 2.39. The molecule has 0 aromatic heterocycles. The quantitative estimate of drug-likeness (QED) is 0.891. The highest BCUT2D eigenvalue weighted by Crippen LogP contribution is 2.29. The monoisotopic (exact) mass is 336 g/mol. The Bertz CT molecular complexity index is 471. The second kappa shape index (κ2) is 6.78. The molecule has 1 atom stereocenters. The van der Waals surface area contributed by atoms with Crippen LogP contribution in [0.1, 0.15) is 5.56 Å². The highest BCUT2D eigenvalue weighted by molar-refractivity contribution is 9.10. The third-order valence-electron chi connectivity index (χ3n) is 2.46. The minimum atomic E-state index is -4.53. The number of halogens is 4. The lowest BCUT2D eigenvalue weighted by molar-refractivity contribution is -0.155. The Labute approximate surface area is 117 Å². The molecule has 0 aliphatic carbocycles. The van der Waals surface area contributed by atoms with Gasteiger partial charge in [0.1, 0.15) is 0 Å². The van der Waals surface area contributed by atoms with Gasteiger partial charge in [-0.05, 0) is 12.1 Å². The maximum atomic E-state index is 12.5. The van der Waals surface area contributed by atoms with Gasteiger partial charge in [0.2, 0.25) is 0 Å². The second-order valence-electron chi connectivity index (χ2n) is 3.80. The van der Waals surface area contributed by atoms with Gasteiger partial charge in [0.05, 0.1) is 12.7 Å². The Morgan fingerprint density at radius 3 is 2.68 bits per heavy atom. The lowest BCUT2D eigenvalue weighted by Gasteiger charge is -2.17.